The van der Waals surface area contributed by atoms with Crippen LogP contribution >= 0.6 is 0 Å². The van der Waals surface area contributed by atoms with Crippen LogP contribution < -0.4 is 10.0 Å². The lowest BCUT2D eigenvalue weighted by molar-refractivity contribution is -0.138. The van der Waals surface area contributed by atoms with Crippen LogP contribution in [0, 0.1) is 6.92 Å². The van der Waals surface area contributed by atoms with Crippen molar-refractivity contribution < 1.29 is 23.1 Å². The summed E-state index contributed by atoms with van der Waals surface area (Å²) in [6.45, 7) is 3.72. The molecule has 0 unspecified atom stereocenters. The topological polar surface area (TPSA) is 116 Å². The average molecular weight is 357 g/mol. The minimum atomic E-state index is -3.62. The number of hydrogen-bond acceptors (Lipinski definition) is 5. The van der Waals surface area contributed by atoms with Crippen molar-refractivity contribution in [3.05, 3.63) is 23.8 Å². The van der Waals surface area contributed by atoms with Crippen molar-refractivity contribution in [3.63, 3.8) is 0 Å². The molecular formula is C15H23N3O5S. The number of amides is 1. The highest BCUT2D eigenvalue weighted by Gasteiger charge is 2.17. The van der Waals surface area contributed by atoms with E-state index in [4.69, 9.17) is 5.11 Å². The maximum atomic E-state index is 12.1. The van der Waals surface area contributed by atoms with Gasteiger partial charge in [0.1, 0.15) is 0 Å². The van der Waals surface area contributed by atoms with Crippen LogP contribution in [-0.2, 0) is 19.6 Å². The van der Waals surface area contributed by atoms with E-state index in [1.165, 1.54) is 18.0 Å². The molecule has 0 aliphatic heterocycles. The second kappa shape index (κ2) is 8.76. The largest absolute Gasteiger partial charge is 0.480 e. The summed E-state index contributed by atoms with van der Waals surface area (Å²) in [6.07, 6.45) is 0.718. The molecule has 1 rings (SSSR count). The first-order valence-electron chi connectivity index (χ1n) is 7.47. The van der Waals surface area contributed by atoms with Crippen molar-refractivity contribution in [2.75, 3.05) is 32.0 Å². The van der Waals surface area contributed by atoms with Crippen molar-refractivity contribution in [2.45, 2.75) is 25.2 Å². The summed E-state index contributed by atoms with van der Waals surface area (Å²) >= 11 is 0. The fourth-order valence-electron chi connectivity index (χ4n) is 2.20. The lowest BCUT2D eigenvalue weighted by Crippen LogP contribution is -2.37. The van der Waals surface area contributed by atoms with E-state index < -0.39 is 21.9 Å². The molecule has 9 heteroatoms. The maximum absolute atomic E-state index is 12.1. The molecule has 0 heterocycles. The van der Waals surface area contributed by atoms with Crippen LogP contribution in [0.5, 0.6) is 0 Å². The second-order valence-corrected chi connectivity index (χ2v) is 7.20. The maximum Gasteiger partial charge on any atom is 0.317 e. The molecule has 134 valence electrons. The molecule has 0 radical (unpaired) electrons. The number of carboxylic acid groups (broad SMARTS) is 1. The highest BCUT2D eigenvalue weighted by Crippen LogP contribution is 2.19. The molecule has 1 aromatic carbocycles. The average Bonchev–Trinajstić information content (AvgIpc) is 2.48. The number of hydrogen-bond donors (Lipinski definition) is 3. The Morgan fingerprint density at radius 1 is 1.25 bits per heavy atom. The van der Waals surface area contributed by atoms with Crippen LogP contribution in [-0.4, -0.2) is 57.0 Å². The summed E-state index contributed by atoms with van der Waals surface area (Å²) in [5.74, 6) is -1.41. The van der Waals surface area contributed by atoms with Crippen LogP contribution in [0.15, 0.2) is 23.1 Å². The number of sulfonamides is 1. The summed E-state index contributed by atoms with van der Waals surface area (Å²) in [6, 6.07) is 4.57. The zero-order valence-corrected chi connectivity index (χ0v) is 14.8. The molecule has 0 bridgehead atoms. The molecule has 8 nitrogen and oxygen atoms in total. The Bertz CT molecular complexity index is 703. The van der Waals surface area contributed by atoms with Gasteiger partial charge in [-0.05, 0) is 44.6 Å². The Balaban J connectivity index is 2.87. The number of nitrogens with zero attached hydrogens (tertiary/aromatic N) is 1. The molecular weight excluding hydrogens is 334 g/mol. The molecule has 0 aliphatic rings. The number of carboxylic acids is 1. The Labute approximate surface area is 141 Å². The van der Waals surface area contributed by atoms with Gasteiger partial charge in [0, 0.05) is 5.69 Å². The van der Waals surface area contributed by atoms with E-state index in [1.807, 2.05) is 6.92 Å². The third-order valence-electron chi connectivity index (χ3n) is 3.30. The molecule has 0 spiro atoms. The van der Waals surface area contributed by atoms with Gasteiger partial charge >= 0.3 is 5.97 Å². The normalized spacial score (nSPS) is 11.5. The third kappa shape index (κ3) is 5.91. The van der Waals surface area contributed by atoms with Gasteiger partial charge < -0.3 is 10.4 Å². The first-order chi connectivity index (χ1) is 11.2. The molecule has 0 saturated carbocycles. The number of carbonyl (C=O) groups excluding carboxylic acids is 1. The Hall–Kier alpha value is -1.97. The fraction of sp³-hybridized carbons (Fsp3) is 0.467. The van der Waals surface area contributed by atoms with Gasteiger partial charge in [-0.1, -0.05) is 13.0 Å². The van der Waals surface area contributed by atoms with E-state index >= 15 is 0 Å². The number of aliphatic carboxylic acids is 1. The zero-order chi connectivity index (χ0) is 18.3. The number of rotatable bonds is 9. The zero-order valence-electron chi connectivity index (χ0n) is 14.0. The molecule has 0 saturated heterocycles. The van der Waals surface area contributed by atoms with Gasteiger partial charge in [-0.15, -0.1) is 0 Å². The quantitative estimate of drug-likeness (QED) is 0.597. The highest BCUT2D eigenvalue weighted by atomic mass is 32.2. The van der Waals surface area contributed by atoms with Crippen LogP contribution in [0.25, 0.3) is 0 Å². The molecule has 0 fully saturated rings. The lowest BCUT2D eigenvalue weighted by Gasteiger charge is -2.19. The molecule has 0 aliphatic carbocycles. The molecule has 1 amide bonds. The Morgan fingerprint density at radius 2 is 1.92 bits per heavy atom. The van der Waals surface area contributed by atoms with Gasteiger partial charge in [-0.2, -0.15) is 0 Å². The number of aryl methyl sites for hydroxylation is 1. The van der Waals surface area contributed by atoms with E-state index in [9.17, 15) is 18.0 Å². The number of nitrogens with one attached hydrogen (secondary N) is 2. The van der Waals surface area contributed by atoms with Gasteiger partial charge in [0.15, 0.2) is 0 Å². The Kier molecular flexibility index (Phi) is 7.33. The first kappa shape index (κ1) is 20.1. The van der Waals surface area contributed by atoms with Crippen molar-refractivity contribution in [3.8, 4) is 0 Å². The summed E-state index contributed by atoms with van der Waals surface area (Å²) in [7, 11) is -2.31. The smallest absolute Gasteiger partial charge is 0.317 e. The number of carbonyl (C=O) groups is 2. The van der Waals surface area contributed by atoms with Crippen molar-refractivity contribution >= 4 is 27.6 Å². The van der Waals surface area contributed by atoms with E-state index in [1.54, 1.807) is 19.1 Å². The van der Waals surface area contributed by atoms with E-state index in [0.717, 1.165) is 6.42 Å². The van der Waals surface area contributed by atoms with Gasteiger partial charge in [0.05, 0.1) is 18.0 Å². The van der Waals surface area contributed by atoms with E-state index in [2.05, 4.69) is 10.0 Å². The predicted octanol–water partition coefficient (Wildman–Crippen LogP) is 0.638. The second-order valence-electron chi connectivity index (χ2n) is 5.34. The van der Waals surface area contributed by atoms with Gasteiger partial charge in [0.25, 0.3) is 0 Å². The number of benzene rings is 1. The van der Waals surface area contributed by atoms with E-state index in [0.29, 0.717) is 17.8 Å². The summed E-state index contributed by atoms with van der Waals surface area (Å²) in [5.41, 5.74) is 0.895. The van der Waals surface area contributed by atoms with E-state index in [-0.39, 0.29) is 18.0 Å². The van der Waals surface area contributed by atoms with Gasteiger partial charge in [0.2, 0.25) is 15.9 Å². The van der Waals surface area contributed by atoms with Gasteiger partial charge in [-0.25, -0.2) is 13.1 Å². The predicted molar refractivity (Wildman–Crippen MR) is 90.4 cm³/mol. The summed E-state index contributed by atoms with van der Waals surface area (Å²) in [5, 5.41) is 11.5. The molecule has 24 heavy (non-hydrogen) atoms. The molecule has 1 aromatic rings. The van der Waals surface area contributed by atoms with Crippen LogP contribution in [0.3, 0.4) is 0 Å². The van der Waals surface area contributed by atoms with Crippen molar-refractivity contribution in [2.24, 2.45) is 0 Å². The summed E-state index contributed by atoms with van der Waals surface area (Å²) in [4.78, 5) is 24.5. The molecule has 3 N–H and O–H groups in total. The molecule has 0 aromatic heterocycles. The summed E-state index contributed by atoms with van der Waals surface area (Å²) < 4.78 is 26.1. The van der Waals surface area contributed by atoms with Crippen LogP contribution in [0.1, 0.15) is 18.9 Å². The van der Waals surface area contributed by atoms with Crippen LogP contribution in [0.2, 0.25) is 0 Å². The fourth-order valence-corrected chi connectivity index (χ4v) is 3.20. The minimum absolute atomic E-state index is 0.0812. The monoisotopic (exact) mass is 357 g/mol. The third-order valence-corrected chi connectivity index (χ3v) is 4.85. The van der Waals surface area contributed by atoms with Crippen molar-refractivity contribution in [1.29, 1.82) is 0 Å². The van der Waals surface area contributed by atoms with Gasteiger partial charge in [-0.3, -0.25) is 14.5 Å². The minimum Gasteiger partial charge on any atom is -0.480 e. The Morgan fingerprint density at radius 3 is 2.46 bits per heavy atom. The lowest BCUT2D eigenvalue weighted by atomic mass is 10.2. The number of anilines is 1. The first-order valence-corrected chi connectivity index (χ1v) is 8.96. The van der Waals surface area contributed by atoms with Crippen molar-refractivity contribution in [1.82, 2.24) is 9.62 Å². The standard InChI is InChI=1S/C15H23N3O5S/c1-4-7-18(10-15(20)21)9-14(19)17-12-6-5-11(2)13(8-12)24(22,23)16-3/h5-6,8,16H,4,7,9-10H2,1-3H3,(H,17,19)(H,20,21). The highest BCUT2D eigenvalue weighted by molar-refractivity contribution is 7.89. The van der Waals surface area contributed by atoms with Crippen LogP contribution in [0.4, 0.5) is 5.69 Å². The molecule has 0 atom stereocenters. The SMILES string of the molecule is CCCN(CC(=O)O)CC(=O)Nc1ccc(C)c(S(=O)(=O)NC)c1.